The van der Waals surface area contributed by atoms with Crippen LogP contribution in [0.1, 0.15) is 23.0 Å². The zero-order chi connectivity index (χ0) is 21.8. The van der Waals surface area contributed by atoms with Crippen molar-refractivity contribution in [3.05, 3.63) is 65.5 Å². The van der Waals surface area contributed by atoms with Gasteiger partial charge in [0, 0.05) is 13.1 Å². The van der Waals surface area contributed by atoms with Gasteiger partial charge in [0.05, 0.1) is 52.2 Å². The predicted octanol–water partition coefficient (Wildman–Crippen LogP) is 2.98. The normalized spacial score (nSPS) is 16.5. The summed E-state index contributed by atoms with van der Waals surface area (Å²) < 4.78 is 28.6. The average Bonchev–Trinajstić information content (AvgIpc) is 3.08. The number of β-amino-alcohol motifs (C(OH)–C–C–N with tert-alkyl or cyclic N) is 1. The third kappa shape index (κ3) is 3.46. The van der Waals surface area contributed by atoms with Gasteiger partial charge in [-0.25, -0.2) is 18.7 Å². The van der Waals surface area contributed by atoms with Crippen molar-refractivity contribution in [2.75, 3.05) is 23.3 Å². The third-order valence-corrected chi connectivity index (χ3v) is 5.40. The number of fused-ring (bicyclic) bond motifs is 1. The molecule has 1 saturated heterocycles. The Balaban J connectivity index is 1.49. The van der Waals surface area contributed by atoms with Crippen LogP contribution in [0.25, 0.3) is 11.3 Å². The number of rotatable bonds is 4. The van der Waals surface area contributed by atoms with E-state index in [9.17, 15) is 18.7 Å². The molecule has 3 N–H and O–H groups in total. The van der Waals surface area contributed by atoms with Gasteiger partial charge in [0.15, 0.2) is 0 Å². The Morgan fingerprint density at radius 2 is 1.90 bits per heavy atom. The van der Waals surface area contributed by atoms with Gasteiger partial charge in [-0.2, -0.15) is 0 Å². The van der Waals surface area contributed by atoms with Crippen LogP contribution in [0.3, 0.4) is 0 Å². The highest BCUT2D eigenvalue weighted by Crippen LogP contribution is 2.33. The molecule has 0 aliphatic carbocycles. The number of pyridine rings is 2. The van der Waals surface area contributed by atoms with Crippen molar-refractivity contribution in [3.63, 3.8) is 0 Å². The number of aromatic nitrogens is 2. The van der Waals surface area contributed by atoms with Crippen LogP contribution in [0.4, 0.5) is 26.0 Å². The summed E-state index contributed by atoms with van der Waals surface area (Å²) >= 11 is 0. The van der Waals surface area contributed by atoms with E-state index in [0.717, 1.165) is 17.8 Å². The summed E-state index contributed by atoms with van der Waals surface area (Å²) in [5.41, 5.74) is 1.11. The quantitative estimate of drug-likeness (QED) is 0.598. The average molecular weight is 423 g/mol. The second kappa shape index (κ2) is 6.98. The standard InChI is InChI=1S/C22H19F2N5O2/c1-22(31)10-29(11-22)12-5-6-18(25-8-12)28-16-7-15(19-13(23)3-2-4-14(19)24)27-17-9-26-21(30)20(16)17/h2-8,31H,9-11H2,1H3,(H,26,30)(H,25,27,28). The van der Waals surface area contributed by atoms with Crippen molar-refractivity contribution in [1.29, 1.82) is 0 Å². The molecule has 2 aliphatic rings. The van der Waals surface area contributed by atoms with Gasteiger partial charge in [-0.15, -0.1) is 0 Å². The Morgan fingerprint density at radius 3 is 2.55 bits per heavy atom. The zero-order valence-corrected chi connectivity index (χ0v) is 16.6. The summed E-state index contributed by atoms with van der Waals surface area (Å²) in [6.07, 6.45) is 1.66. The molecule has 5 rings (SSSR count). The van der Waals surface area contributed by atoms with Gasteiger partial charge < -0.3 is 20.6 Å². The summed E-state index contributed by atoms with van der Waals surface area (Å²) in [7, 11) is 0. The van der Waals surface area contributed by atoms with Gasteiger partial charge >= 0.3 is 0 Å². The van der Waals surface area contributed by atoms with Crippen LogP contribution in [0.2, 0.25) is 0 Å². The first-order valence-corrected chi connectivity index (χ1v) is 9.78. The van der Waals surface area contributed by atoms with Crippen molar-refractivity contribution in [3.8, 4) is 11.3 Å². The van der Waals surface area contributed by atoms with E-state index in [0.29, 0.717) is 35.9 Å². The van der Waals surface area contributed by atoms with Crippen LogP contribution in [-0.2, 0) is 6.54 Å². The van der Waals surface area contributed by atoms with Gasteiger partial charge in [-0.05, 0) is 37.3 Å². The van der Waals surface area contributed by atoms with Crippen molar-refractivity contribution in [2.24, 2.45) is 0 Å². The van der Waals surface area contributed by atoms with Gasteiger partial charge in [-0.3, -0.25) is 4.79 Å². The van der Waals surface area contributed by atoms with Crippen LogP contribution in [0.5, 0.6) is 0 Å². The molecule has 0 saturated carbocycles. The van der Waals surface area contributed by atoms with E-state index in [1.807, 2.05) is 11.0 Å². The maximum Gasteiger partial charge on any atom is 0.255 e. The molecule has 2 aliphatic heterocycles. The highest BCUT2D eigenvalue weighted by atomic mass is 19.1. The molecular weight excluding hydrogens is 404 g/mol. The molecule has 9 heteroatoms. The number of nitrogens with one attached hydrogen (secondary N) is 2. The molecule has 0 unspecified atom stereocenters. The van der Waals surface area contributed by atoms with Gasteiger partial charge in [0.2, 0.25) is 0 Å². The summed E-state index contributed by atoms with van der Waals surface area (Å²) in [5, 5.41) is 15.7. The first-order valence-electron chi connectivity index (χ1n) is 9.78. The molecule has 1 amide bonds. The van der Waals surface area contributed by atoms with Gasteiger partial charge in [0.1, 0.15) is 17.5 Å². The molecule has 7 nitrogen and oxygen atoms in total. The molecule has 158 valence electrons. The maximum absolute atomic E-state index is 14.3. The second-order valence-corrected chi connectivity index (χ2v) is 8.04. The Bertz CT molecular complexity index is 1170. The number of hydrogen-bond acceptors (Lipinski definition) is 6. The van der Waals surface area contributed by atoms with Gasteiger partial charge in [0.25, 0.3) is 5.91 Å². The molecule has 0 atom stereocenters. The van der Waals surface area contributed by atoms with Crippen molar-refractivity contribution < 1.29 is 18.7 Å². The summed E-state index contributed by atoms with van der Waals surface area (Å²) in [4.78, 5) is 23.0. The Morgan fingerprint density at radius 1 is 1.16 bits per heavy atom. The lowest BCUT2D eigenvalue weighted by Gasteiger charge is -2.45. The van der Waals surface area contributed by atoms with E-state index in [-0.39, 0.29) is 23.7 Å². The van der Waals surface area contributed by atoms with E-state index in [1.54, 1.807) is 19.2 Å². The summed E-state index contributed by atoms with van der Waals surface area (Å²) in [6.45, 7) is 3.00. The number of anilines is 3. The first kappa shape index (κ1) is 19.4. The third-order valence-electron chi connectivity index (χ3n) is 5.40. The molecule has 31 heavy (non-hydrogen) atoms. The minimum Gasteiger partial charge on any atom is -0.386 e. The highest BCUT2D eigenvalue weighted by Gasteiger charge is 2.36. The van der Waals surface area contributed by atoms with E-state index >= 15 is 0 Å². The van der Waals surface area contributed by atoms with Crippen molar-refractivity contribution in [2.45, 2.75) is 19.1 Å². The summed E-state index contributed by atoms with van der Waals surface area (Å²) in [5.74, 6) is -1.32. The van der Waals surface area contributed by atoms with E-state index in [2.05, 4.69) is 20.6 Å². The Kier molecular flexibility index (Phi) is 4.37. The number of aliphatic hydroxyl groups is 1. The van der Waals surface area contributed by atoms with Crippen molar-refractivity contribution >= 4 is 23.1 Å². The molecular formula is C22H19F2N5O2. The number of halogens is 2. The molecule has 0 radical (unpaired) electrons. The van der Waals surface area contributed by atoms with E-state index < -0.39 is 17.2 Å². The van der Waals surface area contributed by atoms with Crippen LogP contribution in [0, 0.1) is 11.6 Å². The lowest BCUT2D eigenvalue weighted by Crippen LogP contribution is -2.60. The van der Waals surface area contributed by atoms with Crippen molar-refractivity contribution in [1.82, 2.24) is 15.3 Å². The van der Waals surface area contributed by atoms with E-state index in [1.165, 1.54) is 12.1 Å². The fourth-order valence-electron chi connectivity index (χ4n) is 3.94. The highest BCUT2D eigenvalue weighted by molar-refractivity contribution is 6.04. The summed E-state index contributed by atoms with van der Waals surface area (Å²) in [6, 6.07) is 8.66. The van der Waals surface area contributed by atoms with Gasteiger partial charge in [-0.1, -0.05) is 6.07 Å². The number of hydrogen-bond donors (Lipinski definition) is 3. The number of nitrogens with zero attached hydrogens (tertiary/aromatic N) is 3. The number of amides is 1. The second-order valence-electron chi connectivity index (χ2n) is 8.04. The fourth-order valence-corrected chi connectivity index (χ4v) is 3.94. The van der Waals surface area contributed by atoms with Crippen LogP contribution >= 0.6 is 0 Å². The lowest BCUT2D eigenvalue weighted by atomic mass is 9.96. The molecule has 1 aromatic carbocycles. The Hall–Kier alpha value is -3.59. The van der Waals surface area contributed by atoms with E-state index in [4.69, 9.17) is 0 Å². The predicted molar refractivity (Wildman–Crippen MR) is 111 cm³/mol. The SMILES string of the molecule is CC1(O)CN(c2ccc(Nc3cc(-c4c(F)cccc4F)nc4c3C(=O)NC4)nc2)C1. The fraction of sp³-hybridized carbons (Fsp3) is 0.227. The molecule has 2 aromatic heterocycles. The zero-order valence-electron chi connectivity index (χ0n) is 16.6. The van der Waals surface area contributed by atoms with Crippen LogP contribution < -0.4 is 15.5 Å². The first-order chi connectivity index (χ1) is 14.8. The van der Waals surface area contributed by atoms with Crippen LogP contribution in [0.15, 0.2) is 42.6 Å². The number of benzene rings is 1. The topological polar surface area (TPSA) is 90.4 Å². The minimum atomic E-state index is -0.733. The minimum absolute atomic E-state index is 0.0905. The molecule has 0 bridgehead atoms. The molecule has 1 fully saturated rings. The molecule has 0 spiro atoms. The Labute approximate surface area is 176 Å². The number of carbonyl (C=O) groups excluding carboxylic acids is 1. The largest absolute Gasteiger partial charge is 0.386 e. The molecule has 4 heterocycles. The maximum atomic E-state index is 14.3. The van der Waals surface area contributed by atoms with Crippen LogP contribution in [-0.4, -0.2) is 39.7 Å². The molecule has 3 aromatic rings. The number of carbonyl (C=O) groups is 1. The smallest absolute Gasteiger partial charge is 0.255 e. The lowest BCUT2D eigenvalue weighted by molar-refractivity contribution is 0.0310. The monoisotopic (exact) mass is 423 g/mol.